The van der Waals surface area contributed by atoms with Crippen molar-refractivity contribution in [3.05, 3.63) is 58.9 Å². The lowest BCUT2D eigenvalue weighted by Gasteiger charge is -2.10. The highest BCUT2D eigenvalue weighted by Crippen LogP contribution is 2.30. The summed E-state index contributed by atoms with van der Waals surface area (Å²) in [6, 6.07) is 9.94. The average Bonchev–Trinajstić information content (AvgIpc) is 2.80. The normalized spacial score (nSPS) is 13.3. The van der Waals surface area contributed by atoms with Crippen LogP contribution < -0.4 is 14.8 Å². The van der Waals surface area contributed by atoms with Gasteiger partial charge in [0, 0.05) is 18.5 Å². The third kappa shape index (κ3) is 3.62. The fourth-order valence-corrected chi connectivity index (χ4v) is 2.41. The fraction of sp³-hybridized carbons (Fsp3) is 0.278. The Hall–Kier alpha value is -2.56. The van der Waals surface area contributed by atoms with Gasteiger partial charge in [-0.1, -0.05) is 12.1 Å². The minimum Gasteiger partial charge on any atom is -0.490 e. The molecule has 0 spiro atoms. The zero-order valence-electron chi connectivity index (χ0n) is 12.9. The van der Waals surface area contributed by atoms with Crippen molar-refractivity contribution in [2.24, 2.45) is 0 Å². The molecule has 5 heteroatoms. The third-order valence-corrected chi connectivity index (χ3v) is 3.69. The summed E-state index contributed by atoms with van der Waals surface area (Å²) in [5.74, 6) is 0.798. The molecular formula is C18H18FNO3. The maximum Gasteiger partial charge on any atom is 0.251 e. The van der Waals surface area contributed by atoms with Gasteiger partial charge in [-0.3, -0.25) is 4.79 Å². The molecule has 120 valence electrons. The number of carbonyl (C=O) groups is 1. The molecule has 0 saturated heterocycles. The highest BCUT2D eigenvalue weighted by atomic mass is 19.1. The molecule has 2 aromatic rings. The Kier molecular flexibility index (Phi) is 4.46. The van der Waals surface area contributed by atoms with Crippen molar-refractivity contribution < 1.29 is 18.7 Å². The highest BCUT2D eigenvalue weighted by molar-refractivity contribution is 5.94. The van der Waals surface area contributed by atoms with Crippen molar-refractivity contribution in [2.75, 3.05) is 13.2 Å². The van der Waals surface area contributed by atoms with Crippen molar-refractivity contribution in [3.8, 4) is 11.5 Å². The Morgan fingerprint density at radius 2 is 1.91 bits per heavy atom. The lowest BCUT2D eigenvalue weighted by atomic mass is 10.1. The zero-order chi connectivity index (χ0) is 16.2. The Morgan fingerprint density at radius 1 is 1.13 bits per heavy atom. The number of hydrogen-bond acceptors (Lipinski definition) is 3. The van der Waals surface area contributed by atoms with Crippen LogP contribution >= 0.6 is 0 Å². The van der Waals surface area contributed by atoms with E-state index in [0.29, 0.717) is 42.4 Å². The molecular weight excluding hydrogens is 297 g/mol. The highest BCUT2D eigenvalue weighted by Gasteiger charge is 2.14. The van der Waals surface area contributed by atoms with Gasteiger partial charge in [-0.15, -0.1) is 0 Å². The predicted molar refractivity (Wildman–Crippen MR) is 84.4 cm³/mol. The van der Waals surface area contributed by atoms with Crippen molar-refractivity contribution >= 4 is 5.91 Å². The number of aryl methyl sites for hydroxylation is 1. The van der Waals surface area contributed by atoms with Crippen LogP contribution in [0.4, 0.5) is 4.39 Å². The van der Waals surface area contributed by atoms with Crippen molar-refractivity contribution in [3.63, 3.8) is 0 Å². The minimum atomic E-state index is -0.247. The SMILES string of the molecule is Cc1cc(CNC(=O)c2ccc3c(c2)OCCCO3)ccc1F. The van der Waals surface area contributed by atoms with Gasteiger partial charge in [0.1, 0.15) is 5.82 Å². The van der Waals surface area contributed by atoms with Gasteiger partial charge in [0.2, 0.25) is 0 Å². The number of benzene rings is 2. The molecule has 0 unspecified atom stereocenters. The van der Waals surface area contributed by atoms with Crippen LogP contribution in [0.2, 0.25) is 0 Å². The van der Waals surface area contributed by atoms with Gasteiger partial charge in [0.15, 0.2) is 11.5 Å². The summed E-state index contributed by atoms with van der Waals surface area (Å²) in [6.45, 7) is 3.23. The maximum absolute atomic E-state index is 13.2. The maximum atomic E-state index is 13.2. The van der Waals surface area contributed by atoms with Crippen LogP contribution in [0, 0.1) is 12.7 Å². The summed E-state index contributed by atoms with van der Waals surface area (Å²) in [4.78, 5) is 12.3. The summed E-state index contributed by atoms with van der Waals surface area (Å²) >= 11 is 0. The number of hydrogen-bond donors (Lipinski definition) is 1. The van der Waals surface area contributed by atoms with Gasteiger partial charge >= 0.3 is 0 Å². The van der Waals surface area contributed by atoms with Crippen molar-refractivity contribution in [1.82, 2.24) is 5.32 Å². The molecule has 1 aliphatic rings. The summed E-state index contributed by atoms with van der Waals surface area (Å²) in [6.07, 6.45) is 0.820. The lowest BCUT2D eigenvalue weighted by molar-refractivity contribution is 0.0950. The molecule has 0 aromatic heterocycles. The third-order valence-electron chi connectivity index (χ3n) is 3.69. The first-order chi connectivity index (χ1) is 11.1. The fourth-order valence-electron chi connectivity index (χ4n) is 2.41. The van der Waals surface area contributed by atoms with Crippen LogP contribution in [0.25, 0.3) is 0 Å². The molecule has 23 heavy (non-hydrogen) atoms. The number of ether oxygens (including phenoxy) is 2. The van der Waals surface area contributed by atoms with Crippen LogP contribution in [0.1, 0.15) is 27.9 Å². The first-order valence-electron chi connectivity index (χ1n) is 7.56. The number of fused-ring (bicyclic) bond motifs is 1. The van der Waals surface area contributed by atoms with Crippen molar-refractivity contribution in [2.45, 2.75) is 19.9 Å². The van der Waals surface area contributed by atoms with Crippen LogP contribution in [0.5, 0.6) is 11.5 Å². The predicted octanol–water partition coefficient (Wildman–Crippen LogP) is 3.23. The minimum absolute atomic E-state index is 0.206. The van der Waals surface area contributed by atoms with E-state index in [-0.39, 0.29) is 11.7 Å². The van der Waals surface area contributed by atoms with Crippen LogP contribution in [0.15, 0.2) is 36.4 Å². The second kappa shape index (κ2) is 6.69. The first kappa shape index (κ1) is 15.3. The Balaban J connectivity index is 1.68. The van der Waals surface area contributed by atoms with Gasteiger partial charge in [0.25, 0.3) is 5.91 Å². The largest absolute Gasteiger partial charge is 0.490 e. The molecule has 0 bridgehead atoms. The molecule has 1 aliphatic heterocycles. The van der Waals surface area contributed by atoms with E-state index in [1.165, 1.54) is 6.07 Å². The van der Waals surface area contributed by atoms with Crippen LogP contribution in [0.3, 0.4) is 0 Å². The smallest absolute Gasteiger partial charge is 0.251 e. The second-order valence-corrected chi connectivity index (χ2v) is 5.48. The molecule has 0 aliphatic carbocycles. The molecule has 2 aromatic carbocycles. The molecule has 0 saturated carbocycles. The molecule has 1 heterocycles. The van der Waals surface area contributed by atoms with E-state index in [1.54, 1.807) is 37.3 Å². The zero-order valence-corrected chi connectivity index (χ0v) is 12.9. The Bertz CT molecular complexity index is 730. The van der Waals surface area contributed by atoms with Gasteiger partial charge < -0.3 is 14.8 Å². The lowest BCUT2D eigenvalue weighted by Crippen LogP contribution is -2.22. The van der Waals surface area contributed by atoms with Gasteiger partial charge in [-0.2, -0.15) is 0 Å². The van der Waals surface area contributed by atoms with Gasteiger partial charge in [-0.25, -0.2) is 4.39 Å². The summed E-state index contributed by atoms with van der Waals surface area (Å²) < 4.78 is 24.4. The number of halogens is 1. The van der Waals surface area contributed by atoms with E-state index in [2.05, 4.69) is 5.32 Å². The van der Waals surface area contributed by atoms with E-state index in [0.717, 1.165) is 12.0 Å². The topological polar surface area (TPSA) is 47.6 Å². The standard InChI is InChI=1S/C18H18FNO3/c1-12-9-13(3-5-15(12)19)11-20-18(21)14-4-6-16-17(10-14)23-8-2-7-22-16/h3-6,9-10H,2,7-8,11H2,1H3,(H,20,21). The van der Waals surface area contributed by atoms with E-state index in [4.69, 9.17) is 9.47 Å². The summed E-state index contributed by atoms with van der Waals surface area (Å²) in [5.41, 5.74) is 1.92. The average molecular weight is 315 g/mol. The monoisotopic (exact) mass is 315 g/mol. The van der Waals surface area contributed by atoms with E-state index in [9.17, 15) is 9.18 Å². The number of rotatable bonds is 3. The van der Waals surface area contributed by atoms with E-state index < -0.39 is 0 Å². The van der Waals surface area contributed by atoms with Gasteiger partial charge in [-0.05, 0) is 42.3 Å². The van der Waals surface area contributed by atoms with E-state index in [1.807, 2.05) is 0 Å². The van der Waals surface area contributed by atoms with E-state index >= 15 is 0 Å². The van der Waals surface area contributed by atoms with Gasteiger partial charge in [0.05, 0.1) is 13.2 Å². The molecule has 0 atom stereocenters. The second-order valence-electron chi connectivity index (χ2n) is 5.48. The number of amides is 1. The van der Waals surface area contributed by atoms with Crippen LogP contribution in [-0.2, 0) is 6.54 Å². The first-order valence-corrected chi connectivity index (χ1v) is 7.56. The molecule has 0 radical (unpaired) electrons. The molecule has 1 amide bonds. The quantitative estimate of drug-likeness (QED) is 0.946. The van der Waals surface area contributed by atoms with Crippen LogP contribution in [-0.4, -0.2) is 19.1 Å². The molecule has 1 N–H and O–H groups in total. The summed E-state index contributed by atoms with van der Waals surface area (Å²) in [5, 5.41) is 2.83. The Morgan fingerprint density at radius 3 is 2.70 bits per heavy atom. The number of nitrogens with one attached hydrogen (secondary N) is 1. The van der Waals surface area contributed by atoms with Crippen molar-refractivity contribution in [1.29, 1.82) is 0 Å². The Labute approximate surface area is 134 Å². The summed E-state index contributed by atoms with van der Waals surface area (Å²) in [7, 11) is 0. The number of carbonyl (C=O) groups excluding carboxylic acids is 1. The molecule has 3 rings (SSSR count). The molecule has 4 nitrogen and oxygen atoms in total. The molecule has 0 fully saturated rings.